The topological polar surface area (TPSA) is 69.0 Å². The standard InChI is InChI=1S/C18H21N3O2S/c22-16-14-6-5-12(9-15(14)19-18(24)20-16)17(23)21-8-7-11-3-1-2-4-13(11)10-21/h5-6,9,11,13H,1-4,7-8,10H2,(H2,19,20,22,24)/t11-,13+/m0/s1. The number of nitrogens with zero attached hydrogens (tertiary/aromatic N) is 1. The van der Waals surface area contributed by atoms with Gasteiger partial charge in [-0.2, -0.15) is 0 Å². The highest BCUT2D eigenvalue weighted by atomic mass is 32.1. The minimum Gasteiger partial charge on any atom is -0.338 e. The predicted molar refractivity (Wildman–Crippen MR) is 95.7 cm³/mol. The molecule has 126 valence electrons. The molecule has 6 heteroatoms. The third kappa shape index (κ3) is 2.79. The number of aromatic amines is 2. The van der Waals surface area contributed by atoms with Crippen LogP contribution in [0.1, 0.15) is 42.5 Å². The van der Waals surface area contributed by atoms with Gasteiger partial charge in [-0.1, -0.05) is 19.3 Å². The Kier molecular flexibility index (Phi) is 4.00. The number of H-pyrrole nitrogens is 2. The van der Waals surface area contributed by atoms with E-state index in [2.05, 4.69) is 9.97 Å². The molecule has 2 fully saturated rings. The minimum absolute atomic E-state index is 0.0560. The number of nitrogens with one attached hydrogen (secondary N) is 2. The predicted octanol–water partition coefficient (Wildman–Crippen LogP) is 3.24. The number of benzene rings is 1. The molecule has 0 spiro atoms. The molecule has 2 heterocycles. The summed E-state index contributed by atoms with van der Waals surface area (Å²) in [6, 6.07) is 5.18. The average molecular weight is 343 g/mol. The first-order valence-electron chi connectivity index (χ1n) is 8.67. The maximum absolute atomic E-state index is 12.9. The van der Waals surface area contributed by atoms with E-state index < -0.39 is 0 Å². The van der Waals surface area contributed by atoms with Gasteiger partial charge in [-0.25, -0.2) is 0 Å². The zero-order valence-electron chi connectivity index (χ0n) is 13.5. The van der Waals surface area contributed by atoms with Gasteiger partial charge in [-0.15, -0.1) is 0 Å². The van der Waals surface area contributed by atoms with E-state index >= 15 is 0 Å². The molecule has 2 aromatic rings. The minimum atomic E-state index is -0.226. The van der Waals surface area contributed by atoms with Gasteiger partial charge in [0.25, 0.3) is 11.5 Å². The molecule has 2 aliphatic rings. The van der Waals surface area contributed by atoms with E-state index in [-0.39, 0.29) is 16.2 Å². The number of fused-ring (bicyclic) bond motifs is 2. The van der Waals surface area contributed by atoms with Gasteiger partial charge >= 0.3 is 0 Å². The quantitative estimate of drug-likeness (QED) is 0.781. The Morgan fingerprint density at radius 3 is 2.75 bits per heavy atom. The van der Waals surface area contributed by atoms with Crippen molar-refractivity contribution in [3.63, 3.8) is 0 Å². The molecular weight excluding hydrogens is 322 g/mol. The summed E-state index contributed by atoms with van der Waals surface area (Å²) >= 11 is 5.02. The molecule has 1 aliphatic heterocycles. The maximum atomic E-state index is 12.9. The molecule has 2 N–H and O–H groups in total. The normalized spacial score (nSPS) is 23.9. The van der Waals surface area contributed by atoms with Crippen LogP contribution in [0.25, 0.3) is 10.9 Å². The van der Waals surface area contributed by atoms with Gasteiger partial charge in [-0.05, 0) is 55.1 Å². The van der Waals surface area contributed by atoms with Crippen molar-refractivity contribution in [3.8, 4) is 0 Å². The fourth-order valence-corrected chi connectivity index (χ4v) is 4.47. The van der Waals surface area contributed by atoms with Crippen LogP contribution in [0.15, 0.2) is 23.0 Å². The van der Waals surface area contributed by atoms with Crippen LogP contribution in [0, 0.1) is 16.6 Å². The Morgan fingerprint density at radius 1 is 1.12 bits per heavy atom. The fourth-order valence-electron chi connectivity index (χ4n) is 4.27. The molecule has 0 bridgehead atoms. The zero-order chi connectivity index (χ0) is 16.7. The van der Waals surface area contributed by atoms with Crippen LogP contribution in [-0.4, -0.2) is 33.9 Å². The Hall–Kier alpha value is -1.95. The van der Waals surface area contributed by atoms with Gasteiger partial charge in [0.05, 0.1) is 10.9 Å². The lowest BCUT2D eigenvalue weighted by molar-refractivity contribution is 0.0521. The number of aromatic nitrogens is 2. The third-order valence-electron chi connectivity index (χ3n) is 5.56. The largest absolute Gasteiger partial charge is 0.338 e. The molecule has 5 nitrogen and oxygen atoms in total. The van der Waals surface area contributed by atoms with Crippen molar-refractivity contribution in [2.45, 2.75) is 32.1 Å². The number of carbonyl (C=O) groups excluding carboxylic acids is 1. The van der Waals surface area contributed by atoms with Gasteiger partial charge in [0.1, 0.15) is 0 Å². The molecule has 1 aliphatic carbocycles. The first kappa shape index (κ1) is 15.6. The smallest absolute Gasteiger partial charge is 0.259 e. The van der Waals surface area contributed by atoms with Crippen molar-refractivity contribution in [1.82, 2.24) is 14.9 Å². The van der Waals surface area contributed by atoms with Crippen molar-refractivity contribution < 1.29 is 4.79 Å². The second-order valence-corrected chi connectivity index (χ2v) is 7.42. The zero-order valence-corrected chi connectivity index (χ0v) is 14.3. The highest BCUT2D eigenvalue weighted by molar-refractivity contribution is 7.71. The monoisotopic (exact) mass is 343 g/mol. The van der Waals surface area contributed by atoms with Crippen LogP contribution in [0.5, 0.6) is 0 Å². The van der Waals surface area contributed by atoms with Crippen LogP contribution in [0.2, 0.25) is 0 Å². The van der Waals surface area contributed by atoms with E-state index in [1.165, 1.54) is 25.7 Å². The molecule has 24 heavy (non-hydrogen) atoms. The lowest BCUT2D eigenvalue weighted by Gasteiger charge is -2.41. The van der Waals surface area contributed by atoms with Crippen molar-refractivity contribution in [1.29, 1.82) is 0 Å². The molecule has 1 saturated heterocycles. The van der Waals surface area contributed by atoms with E-state index in [4.69, 9.17) is 12.2 Å². The van der Waals surface area contributed by atoms with Crippen LogP contribution in [0.3, 0.4) is 0 Å². The van der Waals surface area contributed by atoms with Crippen LogP contribution >= 0.6 is 12.2 Å². The summed E-state index contributed by atoms with van der Waals surface area (Å²) in [4.78, 5) is 32.3. The summed E-state index contributed by atoms with van der Waals surface area (Å²) in [6.45, 7) is 1.70. The number of hydrogen-bond donors (Lipinski definition) is 2. The summed E-state index contributed by atoms with van der Waals surface area (Å²) in [5.41, 5.74) is 1.01. The number of hydrogen-bond acceptors (Lipinski definition) is 3. The average Bonchev–Trinajstić information content (AvgIpc) is 2.60. The summed E-state index contributed by atoms with van der Waals surface area (Å²) < 4.78 is 0.278. The lowest BCUT2D eigenvalue weighted by atomic mass is 9.75. The Bertz CT molecular complexity index is 901. The van der Waals surface area contributed by atoms with E-state index in [0.29, 0.717) is 22.4 Å². The second kappa shape index (κ2) is 6.16. The summed E-state index contributed by atoms with van der Waals surface area (Å²) in [5.74, 6) is 1.51. The maximum Gasteiger partial charge on any atom is 0.259 e. The third-order valence-corrected chi connectivity index (χ3v) is 5.77. The first-order valence-corrected chi connectivity index (χ1v) is 9.08. The molecule has 1 aromatic carbocycles. The molecule has 2 atom stereocenters. The van der Waals surface area contributed by atoms with Crippen LogP contribution < -0.4 is 5.56 Å². The molecular formula is C18H21N3O2S. The van der Waals surface area contributed by atoms with E-state index in [1.54, 1.807) is 18.2 Å². The van der Waals surface area contributed by atoms with Gasteiger partial charge in [-0.3, -0.25) is 14.6 Å². The summed E-state index contributed by atoms with van der Waals surface area (Å²) in [5, 5.41) is 0.520. The number of amides is 1. The van der Waals surface area contributed by atoms with Crippen molar-refractivity contribution >= 4 is 29.0 Å². The van der Waals surface area contributed by atoms with Crippen LogP contribution in [-0.2, 0) is 0 Å². The van der Waals surface area contributed by atoms with Crippen molar-refractivity contribution in [2.75, 3.05) is 13.1 Å². The Labute approximate surface area is 145 Å². The summed E-state index contributed by atoms with van der Waals surface area (Å²) in [6.07, 6.45) is 6.31. The molecule has 1 aromatic heterocycles. The van der Waals surface area contributed by atoms with Crippen molar-refractivity contribution in [3.05, 3.63) is 38.9 Å². The van der Waals surface area contributed by atoms with E-state index in [0.717, 1.165) is 25.4 Å². The lowest BCUT2D eigenvalue weighted by Crippen LogP contribution is -2.44. The van der Waals surface area contributed by atoms with E-state index in [1.807, 2.05) is 4.90 Å². The summed E-state index contributed by atoms with van der Waals surface area (Å²) in [7, 11) is 0. The first-order chi connectivity index (χ1) is 11.6. The number of likely N-dealkylation sites (tertiary alicyclic amines) is 1. The second-order valence-electron chi connectivity index (χ2n) is 7.01. The highest BCUT2D eigenvalue weighted by Gasteiger charge is 2.33. The molecule has 1 amide bonds. The Morgan fingerprint density at radius 2 is 1.92 bits per heavy atom. The molecule has 1 saturated carbocycles. The fraction of sp³-hybridized carbons (Fsp3) is 0.500. The SMILES string of the molecule is O=C(c1ccc2c(=O)[nH]c(=S)[nH]c2c1)N1CC[C@@H]2CCCC[C@@H]2C1. The number of piperidine rings is 1. The Balaban J connectivity index is 1.61. The number of carbonyl (C=O) groups is 1. The molecule has 4 rings (SSSR count). The van der Waals surface area contributed by atoms with Gasteiger partial charge in [0.2, 0.25) is 0 Å². The molecule has 0 radical (unpaired) electrons. The van der Waals surface area contributed by atoms with Gasteiger partial charge in [0.15, 0.2) is 4.77 Å². The number of rotatable bonds is 1. The molecule has 0 unspecified atom stereocenters. The van der Waals surface area contributed by atoms with Gasteiger partial charge in [0, 0.05) is 18.7 Å². The van der Waals surface area contributed by atoms with Crippen LogP contribution in [0.4, 0.5) is 0 Å². The highest BCUT2D eigenvalue weighted by Crippen LogP contribution is 2.36. The van der Waals surface area contributed by atoms with Gasteiger partial charge < -0.3 is 9.88 Å². The van der Waals surface area contributed by atoms with E-state index in [9.17, 15) is 9.59 Å². The van der Waals surface area contributed by atoms with Crippen molar-refractivity contribution in [2.24, 2.45) is 11.8 Å².